The van der Waals surface area contributed by atoms with Crippen LogP contribution in [-0.4, -0.2) is 61.8 Å². The zero-order chi connectivity index (χ0) is 23.5. The van der Waals surface area contributed by atoms with Crippen molar-refractivity contribution in [2.45, 2.75) is 25.3 Å². The average Bonchev–Trinajstić information content (AvgIpc) is 3.16. The molecule has 32 heavy (non-hydrogen) atoms. The van der Waals surface area contributed by atoms with Crippen molar-refractivity contribution < 1.29 is 13.2 Å². The molecule has 0 aliphatic carbocycles. The standard InChI is InChI=1S/C23H29ClN4O3S/c1-5-27(6-2)13-14-28-12-11-17-15-18(7-10-22(17)28)25-23(29)20-16-19(8-9-21(20)24)32(30,31)26(3)4/h7-12,15-16H,5-6,13-14H2,1-4H3,(H,25,29). The third-order valence-corrected chi connectivity index (χ3v) is 7.68. The normalized spacial score (nSPS) is 12.1. The van der Waals surface area contributed by atoms with E-state index in [0.29, 0.717) is 5.69 Å². The summed E-state index contributed by atoms with van der Waals surface area (Å²) in [5, 5.41) is 4.02. The molecule has 0 saturated carbocycles. The fourth-order valence-electron chi connectivity index (χ4n) is 3.51. The van der Waals surface area contributed by atoms with Gasteiger partial charge in [-0.3, -0.25) is 4.79 Å². The number of nitrogens with zero attached hydrogens (tertiary/aromatic N) is 3. The molecule has 0 aliphatic rings. The van der Waals surface area contributed by atoms with Gasteiger partial charge in [-0.15, -0.1) is 0 Å². The number of aromatic nitrogens is 1. The number of carbonyl (C=O) groups is 1. The molecular weight excluding hydrogens is 448 g/mol. The number of amides is 1. The lowest BCUT2D eigenvalue weighted by Crippen LogP contribution is -2.26. The van der Waals surface area contributed by atoms with Gasteiger partial charge in [0.15, 0.2) is 0 Å². The Bertz CT molecular complexity index is 1220. The minimum atomic E-state index is -3.68. The maximum absolute atomic E-state index is 12.9. The summed E-state index contributed by atoms with van der Waals surface area (Å²) >= 11 is 6.19. The van der Waals surface area contributed by atoms with E-state index in [-0.39, 0.29) is 15.5 Å². The first-order chi connectivity index (χ1) is 15.2. The molecule has 1 heterocycles. The number of hydrogen-bond donors (Lipinski definition) is 1. The molecule has 9 heteroatoms. The van der Waals surface area contributed by atoms with Gasteiger partial charge in [0.05, 0.1) is 15.5 Å². The van der Waals surface area contributed by atoms with Crippen molar-refractivity contribution in [2.24, 2.45) is 0 Å². The molecule has 0 atom stereocenters. The van der Waals surface area contributed by atoms with E-state index in [2.05, 4.69) is 28.6 Å². The lowest BCUT2D eigenvalue weighted by atomic mass is 10.2. The molecule has 172 valence electrons. The Hall–Kier alpha value is -2.39. The molecule has 0 aliphatic heterocycles. The third-order valence-electron chi connectivity index (χ3n) is 5.54. The van der Waals surface area contributed by atoms with E-state index >= 15 is 0 Å². The molecular formula is C23H29ClN4O3S. The summed E-state index contributed by atoms with van der Waals surface area (Å²) in [6.45, 7) is 8.21. The van der Waals surface area contributed by atoms with Gasteiger partial charge in [0.2, 0.25) is 10.0 Å². The van der Waals surface area contributed by atoms with E-state index in [1.165, 1.54) is 32.3 Å². The molecule has 0 bridgehead atoms. The second-order valence-electron chi connectivity index (χ2n) is 7.69. The number of rotatable bonds is 9. The van der Waals surface area contributed by atoms with Crippen molar-refractivity contribution in [3.05, 3.63) is 59.2 Å². The van der Waals surface area contributed by atoms with Crippen LogP contribution in [0.15, 0.2) is 53.6 Å². The predicted molar refractivity (Wildman–Crippen MR) is 130 cm³/mol. The zero-order valence-electron chi connectivity index (χ0n) is 18.8. The number of halogens is 1. The molecule has 1 aromatic heterocycles. The number of sulfonamides is 1. The first kappa shape index (κ1) is 24.3. The van der Waals surface area contributed by atoms with Gasteiger partial charge >= 0.3 is 0 Å². The first-order valence-electron chi connectivity index (χ1n) is 10.5. The summed E-state index contributed by atoms with van der Waals surface area (Å²) in [5.74, 6) is -0.467. The molecule has 0 unspecified atom stereocenters. The lowest BCUT2D eigenvalue weighted by molar-refractivity contribution is 0.102. The average molecular weight is 477 g/mol. The van der Waals surface area contributed by atoms with Crippen LogP contribution in [0.3, 0.4) is 0 Å². The van der Waals surface area contributed by atoms with Gasteiger partial charge in [0, 0.05) is 50.0 Å². The fraction of sp³-hybridized carbons (Fsp3) is 0.348. The van der Waals surface area contributed by atoms with E-state index in [4.69, 9.17) is 11.6 Å². The molecule has 3 rings (SSSR count). The fourth-order valence-corrected chi connectivity index (χ4v) is 4.64. The molecule has 1 N–H and O–H groups in total. The smallest absolute Gasteiger partial charge is 0.257 e. The SMILES string of the molecule is CCN(CC)CCn1ccc2cc(NC(=O)c3cc(S(=O)(=O)N(C)C)ccc3Cl)ccc21. The van der Waals surface area contributed by atoms with Crippen LogP contribution in [0.2, 0.25) is 5.02 Å². The van der Waals surface area contributed by atoms with Gasteiger partial charge in [-0.1, -0.05) is 25.4 Å². The molecule has 3 aromatic rings. The highest BCUT2D eigenvalue weighted by Crippen LogP contribution is 2.25. The molecule has 0 fully saturated rings. The van der Waals surface area contributed by atoms with Gasteiger partial charge < -0.3 is 14.8 Å². The molecule has 7 nitrogen and oxygen atoms in total. The van der Waals surface area contributed by atoms with Crippen LogP contribution in [0.1, 0.15) is 24.2 Å². The van der Waals surface area contributed by atoms with Gasteiger partial charge in [-0.05, 0) is 55.6 Å². The largest absolute Gasteiger partial charge is 0.346 e. The lowest BCUT2D eigenvalue weighted by Gasteiger charge is -2.18. The van der Waals surface area contributed by atoms with Gasteiger partial charge in [-0.2, -0.15) is 0 Å². The van der Waals surface area contributed by atoms with E-state index < -0.39 is 15.9 Å². The Morgan fingerprint density at radius 2 is 1.78 bits per heavy atom. The van der Waals surface area contributed by atoms with Gasteiger partial charge in [0.25, 0.3) is 5.91 Å². The van der Waals surface area contributed by atoms with Crippen molar-refractivity contribution in [2.75, 3.05) is 39.0 Å². The minimum absolute atomic E-state index is 0.0118. The first-order valence-corrected chi connectivity index (χ1v) is 12.3. The third kappa shape index (κ3) is 5.15. The monoisotopic (exact) mass is 476 g/mol. The molecule has 0 spiro atoms. The summed E-state index contributed by atoms with van der Waals surface area (Å²) in [6, 6.07) is 11.8. The van der Waals surface area contributed by atoms with Crippen LogP contribution in [-0.2, 0) is 16.6 Å². The van der Waals surface area contributed by atoms with Crippen LogP contribution in [0.25, 0.3) is 10.9 Å². The van der Waals surface area contributed by atoms with Crippen LogP contribution in [0, 0.1) is 0 Å². The topological polar surface area (TPSA) is 74.6 Å². The zero-order valence-corrected chi connectivity index (χ0v) is 20.4. The second-order valence-corrected chi connectivity index (χ2v) is 10.3. The number of benzene rings is 2. The van der Waals surface area contributed by atoms with E-state index in [1.54, 1.807) is 0 Å². The second kappa shape index (κ2) is 10.0. The highest BCUT2D eigenvalue weighted by Gasteiger charge is 2.21. The number of carbonyl (C=O) groups excluding carboxylic acids is 1. The summed E-state index contributed by atoms with van der Waals surface area (Å²) in [6.07, 6.45) is 2.05. The number of nitrogens with one attached hydrogen (secondary N) is 1. The van der Waals surface area contributed by atoms with Crippen LogP contribution >= 0.6 is 11.6 Å². The highest BCUT2D eigenvalue weighted by atomic mass is 35.5. The number of fused-ring (bicyclic) bond motifs is 1. The maximum Gasteiger partial charge on any atom is 0.257 e. The molecule has 2 aromatic carbocycles. The van der Waals surface area contributed by atoms with Crippen LogP contribution in [0.5, 0.6) is 0 Å². The summed E-state index contributed by atoms with van der Waals surface area (Å²) in [5.41, 5.74) is 1.81. The van der Waals surface area contributed by atoms with Gasteiger partial charge in [-0.25, -0.2) is 12.7 Å². The number of hydrogen-bond acceptors (Lipinski definition) is 4. The van der Waals surface area contributed by atoms with Crippen molar-refractivity contribution >= 4 is 44.1 Å². The van der Waals surface area contributed by atoms with Crippen molar-refractivity contribution in [1.82, 2.24) is 13.8 Å². The van der Waals surface area contributed by atoms with E-state index in [1.807, 2.05) is 30.5 Å². The Kier molecular flexibility index (Phi) is 7.61. The van der Waals surface area contributed by atoms with Crippen molar-refractivity contribution in [3.63, 3.8) is 0 Å². The minimum Gasteiger partial charge on any atom is -0.346 e. The molecule has 0 radical (unpaired) electrons. The van der Waals surface area contributed by atoms with Crippen LogP contribution in [0.4, 0.5) is 5.69 Å². The number of anilines is 1. The quantitative estimate of drug-likeness (QED) is 0.503. The number of likely N-dealkylation sites (N-methyl/N-ethyl adjacent to an activating group) is 1. The van der Waals surface area contributed by atoms with Crippen molar-refractivity contribution in [1.29, 1.82) is 0 Å². The molecule has 1 amide bonds. The Morgan fingerprint density at radius 3 is 2.44 bits per heavy atom. The Labute approximate surface area is 194 Å². The Morgan fingerprint density at radius 1 is 1.06 bits per heavy atom. The summed E-state index contributed by atoms with van der Waals surface area (Å²) in [7, 11) is -0.801. The van der Waals surface area contributed by atoms with Gasteiger partial charge in [0.1, 0.15) is 0 Å². The summed E-state index contributed by atoms with van der Waals surface area (Å²) < 4.78 is 28.1. The van der Waals surface area contributed by atoms with Crippen LogP contribution < -0.4 is 5.32 Å². The highest BCUT2D eigenvalue weighted by molar-refractivity contribution is 7.89. The summed E-state index contributed by atoms with van der Waals surface area (Å²) in [4.78, 5) is 15.2. The van der Waals surface area contributed by atoms with E-state index in [9.17, 15) is 13.2 Å². The van der Waals surface area contributed by atoms with E-state index in [0.717, 1.165) is 41.4 Å². The Balaban J connectivity index is 1.80. The van der Waals surface area contributed by atoms with Crippen molar-refractivity contribution in [3.8, 4) is 0 Å². The predicted octanol–water partition coefficient (Wildman–Crippen LogP) is 4.14. The molecule has 0 saturated heterocycles. The maximum atomic E-state index is 12.9.